The number of nitrogens with zero attached hydrogens (tertiary/aromatic N) is 3. The molecule has 0 saturated heterocycles. The van der Waals surface area contributed by atoms with Crippen LogP contribution in [0.15, 0.2) is 78.0 Å². The second-order valence-corrected chi connectivity index (χ2v) is 8.93. The molecule has 1 amide bonds. The number of amides is 1. The minimum atomic E-state index is -0.214. The van der Waals surface area contributed by atoms with E-state index in [1.54, 1.807) is 18.2 Å². The second kappa shape index (κ2) is 11.3. The standard InChI is InChI=1S/C24H21Cl2N5O2S/c1-33-21-12-9-17(26)13-20(21)28-23(32)15-34-24-30-29-22(31(24)19-5-3-2-4-6-19)14-27-18-10-7-16(25)8-11-18/h2-13,27H,14-15H2,1H3,(H,28,32). The Bertz CT molecular complexity index is 1270. The summed E-state index contributed by atoms with van der Waals surface area (Å²) in [5.74, 6) is 1.16. The summed E-state index contributed by atoms with van der Waals surface area (Å²) < 4.78 is 7.22. The van der Waals surface area contributed by atoms with E-state index in [1.165, 1.54) is 18.9 Å². The zero-order chi connectivity index (χ0) is 23.9. The molecule has 3 aromatic carbocycles. The van der Waals surface area contributed by atoms with Crippen molar-refractivity contribution in [2.45, 2.75) is 11.7 Å². The van der Waals surface area contributed by atoms with Crippen molar-refractivity contribution in [2.24, 2.45) is 0 Å². The highest BCUT2D eigenvalue weighted by atomic mass is 35.5. The molecule has 4 aromatic rings. The van der Waals surface area contributed by atoms with Crippen LogP contribution in [-0.2, 0) is 11.3 Å². The fraction of sp³-hybridized carbons (Fsp3) is 0.125. The number of aromatic nitrogens is 3. The van der Waals surface area contributed by atoms with Crippen molar-refractivity contribution in [1.29, 1.82) is 0 Å². The molecule has 7 nitrogen and oxygen atoms in total. The third-order valence-corrected chi connectivity index (χ3v) is 6.19. The highest BCUT2D eigenvalue weighted by molar-refractivity contribution is 7.99. The van der Waals surface area contributed by atoms with Crippen LogP contribution in [0.5, 0.6) is 5.75 Å². The minimum absolute atomic E-state index is 0.130. The number of rotatable bonds is 9. The van der Waals surface area contributed by atoms with Crippen molar-refractivity contribution < 1.29 is 9.53 Å². The maximum absolute atomic E-state index is 12.6. The van der Waals surface area contributed by atoms with Crippen molar-refractivity contribution in [1.82, 2.24) is 14.8 Å². The molecule has 10 heteroatoms. The van der Waals surface area contributed by atoms with E-state index in [9.17, 15) is 4.79 Å². The Labute approximate surface area is 211 Å². The van der Waals surface area contributed by atoms with Crippen LogP contribution < -0.4 is 15.4 Å². The van der Waals surface area contributed by atoms with Crippen LogP contribution in [0.1, 0.15) is 5.82 Å². The molecule has 0 radical (unpaired) electrons. The normalized spacial score (nSPS) is 10.7. The second-order valence-electron chi connectivity index (χ2n) is 7.11. The summed E-state index contributed by atoms with van der Waals surface area (Å²) in [5, 5.41) is 16.6. The fourth-order valence-electron chi connectivity index (χ4n) is 3.19. The number of benzene rings is 3. The van der Waals surface area contributed by atoms with E-state index in [-0.39, 0.29) is 11.7 Å². The highest BCUT2D eigenvalue weighted by Crippen LogP contribution is 2.28. The summed E-state index contributed by atoms with van der Waals surface area (Å²) in [6, 6.07) is 22.3. The van der Waals surface area contributed by atoms with E-state index in [0.29, 0.717) is 39.0 Å². The van der Waals surface area contributed by atoms with Crippen LogP contribution in [-0.4, -0.2) is 33.5 Å². The Balaban J connectivity index is 1.49. The number of ether oxygens (including phenoxy) is 1. The van der Waals surface area contributed by atoms with Gasteiger partial charge in [0, 0.05) is 21.4 Å². The molecular formula is C24H21Cl2N5O2S. The van der Waals surface area contributed by atoms with Crippen molar-refractivity contribution in [3.8, 4) is 11.4 Å². The molecule has 1 heterocycles. The Morgan fingerprint density at radius 3 is 2.47 bits per heavy atom. The molecule has 0 aliphatic rings. The van der Waals surface area contributed by atoms with Gasteiger partial charge in [-0.2, -0.15) is 0 Å². The quantitative estimate of drug-likeness (QED) is 0.270. The van der Waals surface area contributed by atoms with Gasteiger partial charge in [0.2, 0.25) is 5.91 Å². The molecule has 0 saturated carbocycles. The van der Waals surface area contributed by atoms with Crippen molar-refractivity contribution in [3.05, 3.63) is 88.7 Å². The van der Waals surface area contributed by atoms with Crippen LogP contribution in [0.25, 0.3) is 5.69 Å². The van der Waals surface area contributed by atoms with Crippen LogP contribution in [0, 0.1) is 0 Å². The molecule has 0 spiro atoms. The number of methoxy groups -OCH3 is 1. The Morgan fingerprint density at radius 2 is 1.74 bits per heavy atom. The van der Waals surface area contributed by atoms with Crippen molar-refractivity contribution in [2.75, 3.05) is 23.5 Å². The molecule has 1 aromatic heterocycles. The average Bonchev–Trinajstić information content (AvgIpc) is 3.26. The SMILES string of the molecule is COc1ccc(Cl)cc1NC(=O)CSc1nnc(CNc2ccc(Cl)cc2)n1-c1ccccc1. The van der Waals surface area contributed by atoms with E-state index in [2.05, 4.69) is 20.8 Å². The number of thioether (sulfide) groups is 1. The number of carbonyl (C=O) groups is 1. The first-order chi connectivity index (χ1) is 16.5. The molecule has 4 rings (SSSR count). The van der Waals surface area contributed by atoms with Crippen LogP contribution in [0.3, 0.4) is 0 Å². The number of hydrogen-bond acceptors (Lipinski definition) is 6. The van der Waals surface area contributed by atoms with Gasteiger partial charge in [0.15, 0.2) is 11.0 Å². The van der Waals surface area contributed by atoms with Gasteiger partial charge in [-0.05, 0) is 54.6 Å². The Hall–Kier alpha value is -3.20. The van der Waals surface area contributed by atoms with E-state index in [0.717, 1.165) is 11.4 Å². The van der Waals surface area contributed by atoms with E-state index in [4.69, 9.17) is 27.9 Å². The molecule has 0 aliphatic heterocycles. The summed E-state index contributed by atoms with van der Waals surface area (Å²) >= 11 is 13.3. The van der Waals surface area contributed by atoms with Gasteiger partial charge in [0.1, 0.15) is 5.75 Å². The van der Waals surface area contributed by atoms with Gasteiger partial charge < -0.3 is 15.4 Å². The lowest BCUT2D eigenvalue weighted by atomic mass is 10.3. The molecule has 0 unspecified atom stereocenters. The maximum Gasteiger partial charge on any atom is 0.234 e. The number of hydrogen-bond donors (Lipinski definition) is 2. The number of carbonyl (C=O) groups excluding carboxylic acids is 1. The first-order valence-electron chi connectivity index (χ1n) is 10.3. The highest BCUT2D eigenvalue weighted by Gasteiger charge is 2.16. The Morgan fingerprint density at radius 1 is 1.00 bits per heavy atom. The zero-order valence-electron chi connectivity index (χ0n) is 18.2. The molecule has 34 heavy (non-hydrogen) atoms. The van der Waals surface area contributed by atoms with Crippen LogP contribution in [0.4, 0.5) is 11.4 Å². The first-order valence-corrected chi connectivity index (χ1v) is 12.0. The minimum Gasteiger partial charge on any atom is -0.495 e. The molecular weight excluding hydrogens is 493 g/mol. The number of anilines is 2. The maximum atomic E-state index is 12.6. The van der Waals surface area contributed by atoms with Gasteiger partial charge in [0.05, 0.1) is 25.1 Å². The lowest BCUT2D eigenvalue weighted by Gasteiger charge is -2.12. The largest absolute Gasteiger partial charge is 0.495 e. The van der Waals surface area contributed by atoms with Crippen molar-refractivity contribution in [3.63, 3.8) is 0 Å². The number of halogens is 2. The predicted octanol–water partition coefficient (Wildman–Crippen LogP) is 5.93. The predicted molar refractivity (Wildman–Crippen MR) is 137 cm³/mol. The van der Waals surface area contributed by atoms with Gasteiger partial charge in [-0.3, -0.25) is 9.36 Å². The molecule has 2 N–H and O–H groups in total. The molecule has 0 aliphatic carbocycles. The van der Waals surface area contributed by atoms with Gasteiger partial charge in [-0.25, -0.2) is 0 Å². The van der Waals surface area contributed by atoms with Crippen LogP contribution >= 0.6 is 35.0 Å². The van der Waals surface area contributed by atoms with Gasteiger partial charge in [-0.1, -0.05) is 53.2 Å². The number of nitrogens with one attached hydrogen (secondary N) is 2. The molecule has 0 bridgehead atoms. The summed E-state index contributed by atoms with van der Waals surface area (Å²) in [4.78, 5) is 12.6. The van der Waals surface area contributed by atoms with Gasteiger partial charge in [-0.15, -0.1) is 10.2 Å². The summed E-state index contributed by atoms with van der Waals surface area (Å²) in [7, 11) is 1.54. The topological polar surface area (TPSA) is 81.1 Å². The van der Waals surface area contributed by atoms with E-state index < -0.39 is 0 Å². The smallest absolute Gasteiger partial charge is 0.234 e. The number of para-hydroxylation sites is 1. The average molecular weight is 514 g/mol. The van der Waals surface area contributed by atoms with Gasteiger partial charge >= 0.3 is 0 Å². The van der Waals surface area contributed by atoms with E-state index >= 15 is 0 Å². The third-order valence-electron chi connectivity index (χ3n) is 4.78. The zero-order valence-corrected chi connectivity index (χ0v) is 20.5. The monoisotopic (exact) mass is 513 g/mol. The first kappa shape index (κ1) is 23.9. The fourth-order valence-corrected chi connectivity index (χ4v) is 4.26. The molecule has 0 atom stereocenters. The third kappa shape index (κ3) is 6.02. The van der Waals surface area contributed by atoms with Crippen molar-refractivity contribution >= 4 is 52.2 Å². The summed E-state index contributed by atoms with van der Waals surface area (Å²) in [5.41, 5.74) is 2.33. The summed E-state index contributed by atoms with van der Waals surface area (Å²) in [6.45, 7) is 0.440. The van der Waals surface area contributed by atoms with Crippen LogP contribution in [0.2, 0.25) is 10.0 Å². The lowest BCUT2D eigenvalue weighted by molar-refractivity contribution is -0.113. The Kier molecular flexibility index (Phi) is 7.95. The van der Waals surface area contributed by atoms with Gasteiger partial charge in [0.25, 0.3) is 0 Å². The summed E-state index contributed by atoms with van der Waals surface area (Å²) in [6.07, 6.45) is 0. The van der Waals surface area contributed by atoms with E-state index in [1.807, 2.05) is 59.2 Å². The molecule has 174 valence electrons. The lowest BCUT2D eigenvalue weighted by Crippen LogP contribution is -2.15. The molecule has 0 fully saturated rings.